The molecule has 2 aromatic heterocycles. The van der Waals surface area contributed by atoms with Crippen molar-refractivity contribution in [2.45, 2.75) is 34.2 Å². The van der Waals surface area contributed by atoms with Crippen molar-refractivity contribution in [1.82, 2.24) is 10.3 Å². The second-order valence-corrected chi connectivity index (χ2v) is 11.3. The molecular weight excluding hydrogens is 540 g/mol. The molecule has 8 heteroatoms. The Hall–Kier alpha value is -4.20. The van der Waals surface area contributed by atoms with Crippen LogP contribution in [0.25, 0.3) is 21.3 Å². The van der Waals surface area contributed by atoms with E-state index in [0.29, 0.717) is 54.7 Å². The van der Waals surface area contributed by atoms with Gasteiger partial charge < -0.3 is 16.4 Å². The number of nitrogens with one attached hydrogen (secondary N) is 2. The highest BCUT2D eigenvalue weighted by Gasteiger charge is 2.27. The molecule has 0 atom stereocenters. The van der Waals surface area contributed by atoms with Gasteiger partial charge in [0, 0.05) is 33.8 Å². The number of fused-ring (bicyclic) bond motifs is 1. The Morgan fingerprint density at radius 1 is 0.925 bits per heavy atom. The number of anilines is 2. The third-order valence-electron chi connectivity index (χ3n) is 6.84. The van der Waals surface area contributed by atoms with Crippen molar-refractivity contribution in [3.05, 3.63) is 110 Å². The van der Waals surface area contributed by atoms with Crippen molar-refractivity contribution in [3.8, 4) is 11.1 Å². The van der Waals surface area contributed by atoms with Gasteiger partial charge in [-0.1, -0.05) is 77.3 Å². The van der Waals surface area contributed by atoms with E-state index >= 15 is 0 Å². The number of hydrogen-bond acceptors (Lipinski definition) is 5. The number of aromatic nitrogens is 1. The molecule has 40 heavy (non-hydrogen) atoms. The molecule has 2 heterocycles. The lowest BCUT2D eigenvalue weighted by Gasteiger charge is -2.16. The number of hydrogen-bond donors (Lipinski definition) is 3. The van der Waals surface area contributed by atoms with Crippen molar-refractivity contribution in [3.63, 3.8) is 0 Å². The summed E-state index contributed by atoms with van der Waals surface area (Å²) in [5, 5.41) is 7.00. The van der Waals surface area contributed by atoms with E-state index in [9.17, 15) is 9.59 Å². The third-order valence-corrected chi connectivity index (χ3v) is 8.27. The number of rotatable bonds is 6. The van der Waals surface area contributed by atoms with Gasteiger partial charge in [0.05, 0.1) is 16.9 Å². The zero-order valence-corrected chi connectivity index (χ0v) is 24.3. The molecule has 5 rings (SSSR count). The van der Waals surface area contributed by atoms with Gasteiger partial charge in [0.1, 0.15) is 9.71 Å². The first-order valence-electron chi connectivity index (χ1n) is 12.8. The van der Waals surface area contributed by atoms with E-state index in [0.717, 1.165) is 22.3 Å². The summed E-state index contributed by atoms with van der Waals surface area (Å²) in [6.45, 7) is 8.11. The van der Waals surface area contributed by atoms with E-state index in [2.05, 4.69) is 10.6 Å². The molecule has 6 nitrogen and oxygen atoms in total. The highest BCUT2D eigenvalue weighted by molar-refractivity contribution is 7.21. The molecule has 0 saturated carbocycles. The van der Waals surface area contributed by atoms with Crippen LogP contribution in [0.1, 0.15) is 48.0 Å². The van der Waals surface area contributed by atoms with Gasteiger partial charge in [-0.2, -0.15) is 0 Å². The molecule has 2 amide bonds. The molecule has 0 aliphatic heterocycles. The van der Waals surface area contributed by atoms with Gasteiger partial charge in [0.15, 0.2) is 0 Å². The number of carbonyl (C=O) groups is 2. The number of thiophene rings is 1. The summed E-state index contributed by atoms with van der Waals surface area (Å²) in [7, 11) is 0. The maximum atomic E-state index is 13.8. The van der Waals surface area contributed by atoms with Gasteiger partial charge in [-0.05, 0) is 51.0 Å². The van der Waals surface area contributed by atoms with Crippen LogP contribution in [0.2, 0.25) is 5.02 Å². The predicted octanol–water partition coefficient (Wildman–Crippen LogP) is 7.61. The lowest BCUT2D eigenvalue weighted by Crippen LogP contribution is -2.22. The maximum absolute atomic E-state index is 13.8. The minimum absolute atomic E-state index is 0.268. The molecule has 0 fully saturated rings. The Morgan fingerprint density at radius 2 is 1.62 bits per heavy atom. The molecule has 0 aliphatic carbocycles. The quantitative estimate of drug-likeness (QED) is 0.196. The number of carbonyl (C=O) groups excluding carboxylic acids is 2. The summed E-state index contributed by atoms with van der Waals surface area (Å²) in [6.07, 6.45) is 0. The third kappa shape index (κ3) is 5.30. The van der Waals surface area contributed by atoms with Crippen molar-refractivity contribution >= 4 is 56.3 Å². The van der Waals surface area contributed by atoms with Crippen LogP contribution in [0.5, 0.6) is 0 Å². The fraction of sp³-hybridized carbons (Fsp3) is 0.156. The Balaban J connectivity index is 1.62. The van der Waals surface area contributed by atoms with Crippen LogP contribution in [0, 0.1) is 27.7 Å². The van der Waals surface area contributed by atoms with Crippen molar-refractivity contribution in [2.75, 3.05) is 11.1 Å². The average Bonchev–Trinajstić information content (AvgIpc) is 3.25. The topological polar surface area (TPSA) is 97.1 Å². The largest absolute Gasteiger partial charge is 0.397 e. The van der Waals surface area contributed by atoms with Crippen LogP contribution >= 0.6 is 22.9 Å². The molecule has 0 spiro atoms. The smallest absolute Gasteiger partial charge is 0.263 e. The molecule has 0 aliphatic rings. The van der Waals surface area contributed by atoms with Crippen LogP contribution in [0.15, 0.2) is 66.7 Å². The van der Waals surface area contributed by atoms with E-state index in [1.165, 1.54) is 11.3 Å². The molecule has 3 aromatic carbocycles. The number of halogens is 1. The number of aryl methyl sites for hydroxylation is 4. The SMILES string of the molecule is Cc1ccc(CNC(=O)c2sc3nc(C)c(C(=O)Nc4ccc(C)cc4C)c(-c4ccccc4Cl)c3c2N)cc1. The fourth-order valence-electron chi connectivity index (χ4n) is 4.75. The van der Waals surface area contributed by atoms with Gasteiger partial charge in [-0.3, -0.25) is 9.59 Å². The first-order chi connectivity index (χ1) is 19.1. The van der Waals surface area contributed by atoms with Crippen LogP contribution in [0.4, 0.5) is 11.4 Å². The highest BCUT2D eigenvalue weighted by atomic mass is 35.5. The lowest BCUT2D eigenvalue weighted by molar-refractivity contribution is 0.0955. The molecular formula is C32H29ClN4O2S. The van der Waals surface area contributed by atoms with Crippen molar-refractivity contribution < 1.29 is 9.59 Å². The van der Waals surface area contributed by atoms with E-state index < -0.39 is 0 Å². The molecule has 4 N–H and O–H groups in total. The second kappa shape index (κ2) is 11.1. The summed E-state index contributed by atoms with van der Waals surface area (Å²) in [6, 6.07) is 21.1. The molecule has 5 aromatic rings. The molecule has 0 saturated heterocycles. The van der Waals surface area contributed by atoms with Gasteiger partial charge in [0.2, 0.25) is 0 Å². The molecule has 202 valence electrons. The maximum Gasteiger partial charge on any atom is 0.263 e. The average molecular weight is 569 g/mol. The van der Waals surface area contributed by atoms with E-state index in [4.69, 9.17) is 22.3 Å². The van der Waals surface area contributed by atoms with E-state index in [1.54, 1.807) is 13.0 Å². The lowest BCUT2D eigenvalue weighted by atomic mass is 9.94. The number of nitrogen functional groups attached to an aromatic ring is 1. The zero-order valence-electron chi connectivity index (χ0n) is 22.7. The predicted molar refractivity (Wildman–Crippen MR) is 165 cm³/mol. The Kier molecular flexibility index (Phi) is 7.61. The Bertz CT molecular complexity index is 1780. The van der Waals surface area contributed by atoms with Crippen LogP contribution in [-0.4, -0.2) is 16.8 Å². The van der Waals surface area contributed by atoms with Crippen LogP contribution < -0.4 is 16.4 Å². The summed E-state index contributed by atoms with van der Waals surface area (Å²) in [5.74, 6) is -0.630. The number of nitrogens with zero attached hydrogens (tertiary/aromatic N) is 1. The highest BCUT2D eigenvalue weighted by Crippen LogP contribution is 2.44. The molecule has 0 bridgehead atoms. The van der Waals surface area contributed by atoms with Gasteiger partial charge in [-0.25, -0.2) is 4.98 Å². The fourth-order valence-corrected chi connectivity index (χ4v) is 6.05. The van der Waals surface area contributed by atoms with Crippen LogP contribution in [0.3, 0.4) is 0 Å². The van der Waals surface area contributed by atoms with Crippen LogP contribution in [-0.2, 0) is 6.54 Å². The van der Waals surface area contributed by atoms with Crippen molar-refractivity contribution in [1.29, 1.82) is 0 Å². The number of pyridine rings is 1. The normalized spacial score (nSPS) is 11.0. The summed E-state index contributed by atoms with van der Waals surface area (Å²) in [5.41, 5.74) is 13.9. The number of amides is 2. The minimum Gasteiger partial charge on any atom is -0.397 e. The first kappa shape index (κ1) is 27.4. The van der Waals surface area contributed by atoms with Crippen molar-refractivity contribution in [2.24, 2.45) is 0 Å². The van der Waals surface area contributed by atoms with Gasteiger partial charge >= 0.3 is 0 Å². The van der Waals surface area contributed by atoms with E-state index in [1.807, 2.05) is 81.4 Å². The monoisotopic (exact) mass is 568 g/mol. The molecule has 0 unspecified atom stereocenters. The number of benzene rings is 3. The Morgan fingerprint density at radius 3 is 2.33 bits per heavy atom. The summed E-state index contributed by atoms with van der Waals surface area (Å²) < 4.78 is 0. The van der Waals surface area contributed by atoms with Gasteiger partial charge in [0.25, 0.3) is 11.8 Å². The summed E-state index contributed by atoms with van der Waals surface area (Å²) in [4.78, 5) is 32.8. The Labute approximate surface area is 242 Å². The number of nitrogens with two attached hydrogens (primary N) is 1. The van der Waals surface area contributed by atoms with Gasteiger partial charge in [-0.15, -0.1) is 11.3 Å². The molecule has 0 radical (unpaired) electrons. The van der Waals surface area contributed by atoms with E-state index in [-0.39, 0.29) is 17.5 Å². The summed E-state index contributed by atoms with van der Waals surface area (Å²) >= 11 is 7.88. The minimum atomic E-state index is -0.329. The standard InChI is InChI=1S/C32H29ClN4O2S/c1-17-9-12-21(13-10-17)16-35-31(39)29-28(34)27-26(22-7-5-6-8-23(22)33)25(20(4)36-32(27)40-29)30(38)37-24-14-11-18(2)15-19(24)3/h5-15H,16,34H2,1-4H3,(H,35,39)(H,37,38). The second-order valence-electron chi connectivity index (χ2n) is 9.89. The first-order valence-corrected chi connectivity index (χ1v) is 14.0. The zero-order chi connectivity index (χ0) is 28.6.